The van der Waals surface area contributed by atoms with Crippen LogP contribution in [0, 0.1) is 0 Å². The van der Waals surface area contributed by atoms with Crippen molar-refractivity contribution in [2.75, 3.05) is 6.61 Å². The number of aryl methyl sites for hydroxylation is 2. The van der Waals surface area contributed by atoms with Gasteiger partial charge in [-0.05, 0) is 37.5 Å². The van der Waals surface area contributed by atoms with E-state index in [4.69, 9.17) is 9.47 Å². The second-order valence-corrected chi connectivity index (χ2v) is 7.66. The lowest BCUT2D eigenvalue weighted by molar-refractivity contribution is -0.144. The Morgan fingerprint density at radius 2 is 1.90 bits per heavy atom. The first-order valence-corrected chi connectivity index (χ1v) is 10.3. The highest BCUT2D eigenvalue weighted by molar-refractivity contribution is 5.82. The van der Waals surface area contributed by atoms with Crippen molar-refractivity contribution >= 4 is 5.91 Å². The fourth-order valence-electron chi connectivity index (χ4n) is 3.65. The zero-order valence-electron chi connectivity index (χ0n) is 17.4. The van der Waals surface area contributed by atoms with E-state index in [1.807, 2.05) is 65.2 Å². The monoisotopic (exact) mass is 405 g/mol. The van der Waals surface area contributed by atoms with Crippen molar-refractivity contribution < 1.29 is 14.3 Å². The molecule has 156 valence electrons. The summed E-state index contributed by atoms with van der Waals surface area (Å²) >= 11 is 0. The van der Waals surface area contributed by atoms with Crippen molar-refractivity contribution in [3.63, 3.8) is 0 Å². The fraction of sp³-hybridized carbons (Fsp3) is 0.333. The van der Waals surface area contributed by atoms with Gasteiger partial charge in [-0.15, -0.1) is 0 Å². The average molecular weight is 405 g/mol. The highest BCUT2D eigenvalue weighted by Gasteiger charge is 2.33. The number of hydrogen-bond acceptors (Lipinski definition) is 4. The third-order valence-corrected chi connectivity index (χ3v) is 5.53. The summed E-state index contributed by atoms with van der Waals surface area (Å²) in [4.78, 5) is 19.8. The van der Waals surface area contributed by atoms with E-state index in [1.54, 1.807) is 6.20 Å². The van der Waals surface area contributed by atoms with Crippen LogP contribution in [0.5, 0.6) is 11.5 Å². The standard InChI is InChI=1S/C24H27N3O3/c1-18(12-13-19-8-4-3-5-9-19)27(16-23-25-14-15-26(23)2)24(28)22-17-29-20-10-6-7-11-21(20)30-22/h3-11,14-15,18,22H,12-13,16-17H2,1-2H3/t18-,22+/m0/s1. The molecule has 0 bridgehead atoms. The zero-order valence-corrected chi connectivity index (χ0v) is 17.4. The summed E-state index contributed by atoms with van der Waals surface area (Å²) in [7, 11) is 1.94. The molecular formula is C24H27N3O3. The Labute approximate surface area is 177 Å². The number of carbonyl (C=O) groups excluding carboxylic acids is 1. The molecule has 0 unspecified atom stereocenters. The maximum atomic E-state index is 13.5. The van der Waals surface area contributed by atoms with E-state index in [2.05, 4.69) is 24.0 Å². The smallest absolute Gasteiger partial charge is 0.267 e. The van der Waals surface area contributed by atoms with Crippen molar-refractivity contribution in [3.05, 3.63) is 78.4 Å². The van der Waals surface area contributed by atoms with Crippen molar-refractivity contribution in [1.29, 1.82) is 0 Å². The van der Waals surface area contributed by atoms with Crippen LogP contribution in [0.25, 0.3) is 0 Å². The van der Waals surface area contributed by atoms with Crippen LogP contribution in [0.2, 0.25) is 0 Å². The van der Waals surface area contributed by atoms with Crippen LogP contribution in [0.3, 0.4) is 0 Å². The predicted octanol–water partition coefficient (Wildman–Crippen LogP) is 3.61. The molecule has 2 atom stereocenters. The fourth-order valence-corrected chi connectivity index (χ4v) is 3.65. The van der Waals surface area contributed by atoms with E-state index < -0.39 is 6.10 Å². The van der Waals surface area contributed by atoms with Gasteiger partial charge in [0.05, 0.1) is 6.54 Å². The Kier molecular flexibility index (Phi) is 6.02. The van der Waals surface area contributed by atoms with Crippen LogP contribution in [-0.2, 0) is 24.8 Å². The molecule has 1 amide bonds. The molecule has 0 N–H and O–H groups in total. The quantitative estimate of drug-likeness (QED) is 0.603. The SMILES string of the molecule is C[C@@H](CCc1ccccc1)N(Cc1nccn1C)C(=O)[C@H]1COc2ccccc2O1. The Bertz CT molecular complexity index is 986. The predicted molar refractivity (Wildman–Crippen MR) is 114 cm³/mol. The van der Waals surface area contributed by atoms with Crippen LogP contribution in [-0.4, -0.2) is 39.1 Å². The average Bonchev–Trinajstić information content (AvgIpc) is 3.20. The summed E-state index contributed by atoms with van der Waals surface area (Å²) in [6.07, 6.45) is 4.73. The summed E-state index contributed by atoms with van der Waals surface area (Å²) in [5, 5.41) is 0. The number of amides is 1. The van der Waals surface area contributed by atoms with Gasteiger partial charge in [0.25, 0.3) is 5.91 Å². The van der Waals surface area contributed by atoms with Crippen LogP contribution in [0.15, 0.2) is 67.0 Å². The van der Waals surface area contributed by atoms with Gasteiger partial charge >= 0.3 is 0 Å². The molecule has 0 saturated carbocycles. The van der Waals surface area contributed by atoms with E-state index in [1.165, 1.54) is 5.56 Å². The number of rotatable bonds is 7. The summed E-state index contributed by atoms with van der Waals surface area (Å²) in [6.45, 7) is 2.72. The maximum Gasteiger partial charge on any atom is 0.267 e. The van der Waals surface area contributed by atoms with Gasteiger partial charge in [-0.1, -0.05) is 42.5 Å². The molecule has 0 aliphatic carbocycles. The minimum Gasteiger partial charge on any atom is -0.485 e. The lowest BCUT2D eigenvalue weighted by Gasteiger charge is -2.34. The third-order valence-electron chi connectivity index (χ3n) is 5.53. The van der Waals surface area contributed by atoms with Crippen molar-refractivity contribution in [2.24, 2.45) is 7.05 Å². The van der Waals surface area contributed by atoms with Gasteiger partial charge in [0.1, 0.15) is 12.4 Å². The molecule has 6 heteroatoms. The molecule has 0 saturated heterocycles. The number of carbonyl (C=O) groups is 1. The summed E-state index contributed by atoms with van der Waals surface area (Å²) in [5.41, 5.74) is 1.26. The van der Waals surface area contributed by atoms with Gasteiger partial charge in [0.15, 0.2) is 11.5 Å². The second-order valence-electron chi connectivity index (χ2n) is 7.66. The molecule has 2 heterocycles. The second kappa shape index (κ2) is 9.03. The third kappa shape index (κ3) is 4.48. The highest BCUT2D eigenvalue weighted by atomic mass is 16.6. The topological polar surface area (TPSA) is 56.6 Å². The molecule has 0 fully saturated rings. The van der Waals surface area contributed by atoms with E-state index in [9.17, 15) is 4.79 Å². The van der Waals surface area contributed by atoms with Crippen molar-refractivity contribution in [3.8, 4) is 11.5 Å². The molecule has 0 spiro atoms. The molecule has 1 aliphatic heterocycles. The lowest BCUT2D eigenvalue weighted by atomic mass is 10.0. The molecule has 30 heavy (non-hydrogen) atoms. The Morgan fingerprint density at radius 1 is 1.17 bits per heavy atom. The number of nitrogens with zero attached hydrogens (tertiary/aromatic N) is 3. The first kappa shape index (κ1) is 20.0. The summed E-state index contributed by atoms with van der Waals surface area (Å²) in [5.74, 6) is 2.05. The molecule has 1 aromatic heterocycles. The first-order chi connectivity index (χ1) is 14.6. The molecule has 1 aliphatic rings. The van der Waals surface area contributed by atoms with Crippen molar-refractivity contribution in [1.82, 2.24) is 14.5 Å². The van der Waals surface area contributed by atoms with Gasteiger partial charge < -0.3 is 18.9 Å². The minimum absolute atomic E-state index is 0.0233. The Hall–Kier alpha value is -3.28. The van der Waals surface area contributed by atoms with E-state index in [0.717, 1.165) is 18.7 Å². The van der Waals surface area contributed by atoms with E-state index >= 15 is 0 Å². The van der Waals surface area contributed by atoms with Crippen molar-refractivity contribution in [2.45, 2.75) is 38.5 Å². The summed E-state index contributed by atoms with van der Waals surface area (Å²) < 4.78 is 13.7. The highest BCUT2D eigenvalue weighted by Crippen LogP contribution is 2.31. The molecular weight excluding hydrogens is 378 g/mol. The van der Waals surface area contributed by atoms with E-state index in [0.29, 0.717) is 18.0 Å². The largest absolute Gasteiger partial charge is 0.485 e. The normalized spacial score (nSPS) is 16.1. The minimum atomic E-state index is -0.667. The lowest BCUT2D eigenvalue weighted by Crippen LogP contribution is -2.49. The summed E-state index contributed by atoms with van der Waals surface area (Å²) in [6, 6.07) is 17.8. The number of imidazole rings is 1. The number of benzene rings is 2. The number of fused-ring (bicyclic) bond motifs is 1. The number of ether oxygens (including phenoxy) is 2. The number of para-hydroxylation sites is 2. The van der Waals surface area contributed by atoms with Gasteiger partial charge in [-0.2, -0.15) is 0 Å². The van der Waals surface area contributed by atoms with Gasteiger partial charge in [-0.25, -0.2) is 4.98 Å². The van der Waals surface area contributed by atoms with Crippen LogP contribution >= 0.6 is 0 Å². The van der Waals surface area contributed by atoms with Gasteiger partial charge in [0.2, 0.25) is 6.10 Å². The first-order valence-electron chi connectivity index (χ1n) is 10.3. The number of hydrogen-bond donors (Lipinski definition) is 0. The van der Waals surface area contributed by atoms with E-state index in [-0.39, 0.29) is 18.6 Å². The van der Waals surface area contributed by atoms with Gasteiger partial charge in [0, 0.05) is 25.5 Å². The van der Waals surface area contributed by atoms with Crippen LogP contribution in [0.4, 0.5) is 0 Å². The van der Waals surface area contributed by atoms with Crippen LogP contribution < -0.4 is 9.47 Å². The Morgan fingerprint density at radius 3 is 2.63 bits per heavy atom. The molecule has 4 rings (SSSR count). The molecule has 3 aromatic rings. The maximum absolute atomic E-state index is 13.5. The Balaban J connectivity index is 1.50. The number of aromatic nitrogens is 2. The molecule has 2 aromatic carbocycles. The van der Waals surface area contributed by atoms with Crippen LogP contribution in [0.1, 0.15) is 24.7 Å². The zero-order chi connectivity index (χ0) is 20.9. The van der Waals surface area contributed by atoms with Gasteiger partial charge in [-0.3, -0.25) is 4.79 Å². The molecule has 6 nitrogen and oxygen atoms in total. The molecule has 0 radical (unpaired) electrons.